The second kappa shape index (κ2) is 6.96. The van der Waals surface area contributed by atoms with Crippen molar-refractivity contribution in [3.05, 3.63) is 29.8 Å². The maximum absolute atomic E-state index is 11.4. The van der Waals surface area contributed by atoms with Gasteiger partial charge < -0.3 is 5.32 Å². The van der Waals surface area contributed by atoms with Crippen molar-refractivity contribution in [3.63, 3.8) is 0 Å². The van der Waals surface area contributed by atoms with E-state index in [1.807, 2.05) is 0 Å². The number of hydrogen-bond donors (Lipinski definition) is 1. The van der Waals surface area contributed by atoms with Crippen LogP contribution in [0.2, 0.25) is 0 Å². The molecule has 5 heteroatoms. The van der Waals surface area contributed by atoms with E-state index in [1.165, 1.54) is 10.5 Å². The van der Waals surface area contributed by atoms with Gasteiger partial charge in [0.1, 0.15) is 0 Å². The lowest BCUT2D eigenvalue weighted by molar-refractivity contribution is 0.552. The van der Waals surface area contributed by atoms with Crippen molar-refractivity contribution in [1.29, 1.82) is 0 Å². The minimum atomic E-state index is -2.77. The molecule has 0 bridgehead atoms. The van der Waals surface area contributed by atoms with Crippen LogP contribution >= 0.6 is 11.8 Å². The molecule has 1 N–H and O–H groups in total. The molecular weight excluding hydrogens is 290 g/mol. The lowest BCUT2D eigenvalue weighted by Crippen LogP contribution is -2.18. The van der Waals surface area contributed by atoms with Gasteiger partial charge in [0, 0.05) is 16.7 Å². The first-order chi connectivity index (χ1) is 9.44. The first-order valence-electron chi connectivity index (χ1n) is 7.11. The Morgan fingerprint density at radius 2 is 2.00 bits per heavy atom. The lowest BCUT2D eigenvalue weighted by Gasteiger charge is -2.10. The van der Waals surface area contributed by atoms with Crippen LogP contribution in [0.15, 0.2) is 29.2 Å². The Morgan fingerprint density at radius 3 is 2.55 bits per heavy atom. The van der Waals surface area contributed by atoms with Gasteiger partial charge in [0.15, 0.2) is 9.84 Å². The predicted molar refractivity (Wildman–Crippen MR) is 85.9 cm³/mol. The molecule has 0 amide bonds. The molecule has 112 valence electrons. The zero-order valence-corrected chi connectivity index (χ0v) is 13.8. The third kappa shape index (κ3) is 5.11. The molecule has 2 rings (SSSR count). The quantitative estimate of drug-likeness (QED) is 0.877. The van der Waals surface area contributed by atoms with Crippen molar-refractivity contribution >= 4 is 21.6 Å². The Balaban J connectivity index is 1.82. The van der Waals surface area contributed by atoms with Crippen molar-refractivity contribution in [3.8, 4) is 0 Å². The summed E-state index contributed by atoms with van der Waals surface area (Å²) in [5.74, 6) is 1.34. The highest BCUT2D eigenvalue weighted by molar-refractivity contribution is 8.01. The predicted octanol–water partition coefficient (Wildman–Crippen LogP) is 2.71. The zero-order valence-electron chi connectivity index (χ0n) is 12.1. The fraction of sp³-hybridized carbons (Fsp3) is 0.600. The van der Waals surface area contributed by atoms with E-state index < -0.39 is 9.84 Å². The summed E-state index contributed by atoms with van der Waals surface area (Å²) < 4.78 is 22.9. The van der Waals surface area contributed by atoms with Crippen LogP contribution in [0, 0.1) is 5.92 Å². The van der Waals surface area contributed by atoms with Crippen LogP contribution < -0.4 is 5.32 Å². The van der Waals surface area contributed by atoms with Gasteiger partial charge in [-0.3, -0.25) is 0 Å². The van der Waals surface area contributed by atoms with Crippen molar-refractivity contribution < 1.29 is 8.42 Å². The van der Waals surface area contributed by atoms with Gasteiger partial charge in [-0.2, -0.15) is 0 Å². The third-order valence-electron chi connectivity index (χ3n) is 3.30. The summed E-state index contributed by atoms with van der Waals surface area (Å²) in [6.45, 7) is 6.31. The molecule has 1 heterocycles. The number of sulfone groups is 1. The van der Waals surface area contributed by atoms with Gasteiger partial charge in [0.2, 0.25) is 0 Å². The van der Waals surface area contributed by atoms with Crippen LogP contribution in [0.25, 0.3) is 0 Å². The maximum atomic E-state index is 11.4. The number of benzene rings is 1. The largest absolute Gasteiger partial charge is 0.312 e. The Bertz CT molecular complexity index is 523. The standard InChI is InChI=1S/C15H23NO2S2/c1-12(2)9-16-10-13-3-5-14(6-4-13)19-15-7-8-20(17,18)11-15/h3-6,12,15-16H,7-11H2,1-2H3. The number of nitrogens with one attached hydrogen (secondary N) is 1. The van der Waals surface area contributed by atoms with Crippen molar-refractivity contribution in [1.82, 2.24) is 5.32 Å². The van der Waals surface area contributed by atoms with Gasteiger partial charge in [-0.05, 0) is 36.6 Å². The third-order valence-corrected chi connectivity index (χ3v) is 6.56. The highest BCUT2D eigenvalue weighted by Gasteiger charge is 2.28. The molecule has 1 aliphatic rings. The normalized spacial score (nSPS) is 21.4. The Kier molecular flexibility index (Phi) is 5.52. The molecule has 1 atom stereocenters. The summed E-state index contributed by atoms with van der Waals surface area (Å²) in [6.07, 6.45) is 0.782. The van der Waals surface area contributed by atoms with E-state index in [9.17, 15) is 8.42 Å². The molecule has 1 aromatic rings. The zero-order chi connectivity index (χ0) is 14.6. The molecule has 1 saturated heterocycles. The first kappa shape index (κ1) is 15.9. The molecule has 0 radical (unpaired) electrons. The molecule has 0 spiro atoms. The van der Waals surface area contributed by atoms with E-state index >= 15 is 0 Å². The van der Waals surface area contributed by atoms with Crippen LogP contribution in [0.1, 0.15) is 25.8 Å². The molecule has 1 fully saturated rings. The smallest absolute Gasteiger partial charge is 0.151 e. The summed E-state index contributed by atoms with van der Waals surface area (Å²) in [7, 11) is -2.77. The Labute approximate surface area is 126 Å². The minimum Gasteiger partial charge on any atom is -0.312 e. The highest BCUT2D eigenvalue weighted by atomic mass is 32.2. The molecular formula is C15H23NO2S2. The second-order valence-corrected chi connectivity index (χ2v) is 9.41. The topological polar surface area (TPSA) is 46.2 Å². The van der Waals surface area contributed by atoms with E-state index in [4.69, 9.17) is 0 Å². The molecule has 1 unspecified atom stereocenters. The molecule has 3 nitrogen and oxygen atoms in total. The van der Waals surface area contributed by atoms with E-state index in [0.717, 1.165) is 19.5 Å². The average molecular weight is 313 g/mol. The number of rotatable bonds is 6. The maximum Gasteiger partial charge on any atom is 0.151 e. The molecule has 1 aromatic carbocycles. The molecule has 20 heavy (non-hydrogen) atoms. The van der Waals surface area contributed by atoms with E-state index in [2.05, 4.69) is 43.4 Å². The summed E-state index contributed by atoms with van der Waals surface area (Å²) >= 11 is 1.69. The van der Waals surface area contributed by atoms with Gasteiger partial charge in [0.05, 0.1) is 11.5 Å². The molecule has 0 aliphatic carbocycles. The van der Waals surface area contributed by atoms with Gasteiger partial charge in [-0.25, -0.2) is 8.42 Å². The van der Waals surface area contributed by atoms with E-state index in [1.54, 1.807) is 11.8 Å². The SMILES string of the molecule is CC(C)CNCc1ccc(SC2CCS(=O)(=O)C2)cc1. The number of hydrogen-bond acceptors (Lipinski definition) is 4. The minimum absolute atomic E-state index is 0.227. The van der Waals surface area contributed by atoms with Crippen LogP contribution in [-0.4, -0.2) is 31.7 Å². The summed E-state index contributed by atoms with van der Waals surface area (Å²) in [5, 5.41) is 3.65. The fourth-order valence-electron chi connectivity index (χ4n) is 2.24. The first-order valence-corrected chi connectivity index (χ1v) is 9.81. The van der Waals surface area contributed by atoms with E-state index in [-0.39, 0.29) is 5.25 Å². The average Bonchev–Trinajstić information content (AvgIpc) is 2.70. The van der Waals surface area contributed by atoms with E-state index in [0.29, 0.717) is 17.4 Å². The van der Waals surface area contributed by atoms with Gasteiger partial charge in [0.25, 0.3) is 0 Å². The van der Waals surface area contributed by atoms with Gasteiger partial charge in [-0.1, -0.05) is 26.0 Å². The van der Waals surface area contributed by atoms with Crippen LogP contribution in [0.5, 0.6) is 0 Å². The van der Waals surface area contributed by atoms with Crippen molar-refractivity contribution in [2.45, 2.75) is 37.0 Å². The van der Waals surface area contributed by atoms with Crippen LogP contribution in [0.3, 0.4) is 0 Å². The van der Waals surface area contributed by atoms with Crippen LogP contribution in [-0.2, 0) is 16.4 Å². The Hall–Kier alpha value is -0.520. The van der Waals surface area contributed by atoms with Crippen molar-refractivity contribution in [2.75, 3.05) is 18.1 Å². The lowest BCUT2D eigenvalue weighted by atomic mass is 10.2. The summed E-state index contributed by atoms with van der Waals surface area (Å²) in [4.78, 5) is 1.17. The molecule has 1 aliphatic heterocycles. The number of thioether (sulfide) groups is 1. The second-order valence-electron chi connectivity index (χ2n) is 5.81. The van der Waals surface area contributed by atoms with Gasteiger partial charge in [-0.15, -0.1) is 11.8 Å². The summed E-state index contributed by atoms with van der Waals surface area (Å²) in [6, 6.07) is 8.45. The molecule has 0 saturated carbocycles. The summed E-state index contributed by atoms with van der Waals surface area (Å²) in [5.41, 5.74) is 1.27. The van der Waals surface area contributed by atoms with Crippen molar-refractivity contribution in [2.24, 2.45) is 5.92 Å². The highest BCUT2D eigenvalue weighted by Crippen LogP contribution is 2.30. The van der Waals surface area contributed by atoms with Gasteiger partial charge >= 0.3 is 0 Å². The molecule has 0 aromatic heterocycles. The monoisotopic (exact) mass is 313 g/mol. The fourth-order valence-corrected chi connectivity index (χ4v) is 5.74. The Morgan fingerprint density at radius 1 is 1.30 bits per heavy atom. The van der Waals surface area contributed by atoms with Crippen LogP contribution in [0.4, 0.5) is 0 Å².